The lowest BCUT2D eigenvalue weighted by Gasteiger charge is -2.26. The number of likely N-dealkylation sites (tertiary alicyclic amines) is 1. The van der Waals surface area contributed by atoms with Gasteiger partial charge in [0, 0.05) is 19.6 Å². The summed E-state index contributed by atoms with van der Waals surface area (Å²) in [6, 6.07) is 0. The third-order valence-electron chi connectivity index (χ3n) is 2.88. The lowest BCUT2D eigenvalue weighted by Crippen LogP contribution is -2.41. The Morgan fingerprint density at radius 3 is 2.05 bits per heavy atom. The summed E-state index contributed by atoms with van der Waals surface area (Å²) < 4.78 is 0. The highest BCUT2D eigenvalue weighted by Crippen LogP contribution is 2.07. The largest absolute Gasteiger partial charge is 0.473 e. The quantitative estimate of drug-likeness (QED) is 0.429. The minimum atomic E-state index is -1.82. The molecule has 7 nitrogen and oxygen atoms in total. The van der Waals surface area contributed by atoms with Gasteiger partial charge in [-0.25, -0.2) is 9.59 Å². The van der Waals surface area contributed by atoms with Crippen molar-refractivity contribution in [2.45, 2.75) is 32.6 Å². The van der Waals surface area contributed by atoms with Gasteiger partial charge < -0.3 is 25.7 Å². The molecule has 0 aromatic carbocycles. The van der Waals surface area contributed by atoms with Crippen LogP contribution in [0.25, 0.3) is 0 Å². The van der Waals surface area contributed by atoms with E-state index in [4.69, 9.17) is 32.0 Å². The smallest absolute Gasteiger partial charge is 0.414 e. The molecule has 0 amide bonds. The number of thiocarbonyl (C=S) groups is 1. The third kappa shape index (κ3) is 12.1. The zero-order chi connectivity index (χ0) is 16.1. The van der Waals surface area contributed by atoms with Gasteiger partial charge in [-0.15, -0.1) is 0 Å². The number of carbonyl (C=O) groups is 2. The molecule has 1 aliphatic rings. The van der Waals surface area contributed by atoms with Crippen molar-refractivity contribution >= 4 is 29.3 Å². The first-order valence-corrected chi connectivity index (χ1v) is 7.58. The molecule has 0 unspecified atom stereocenters. The van der Waals surface area contributed by atoms with E-state index in [-0.39, 0.29) is 0 Å². The first-order chi connectivity index (χ1) is 9.97. The van der Waals surface area contributed by atoms with Crippen LogP contribution in [0, 0.1) is 0 Å². The fourth-order valence-electron chi connectivity index (χ4n) is 1.81. The second-order valence-electron chi connectivity index (χ2n) is 4.70. The molecular formula is C13H25N3O4S. The van der Waals surface area contributed by atoms with E-state index in [1.807, 2.05) is 0 Å². The molecule has 1 aliphatic heterocycles. The van der Waals surface area contributed by atoms with E-state index in [0.717, 1.165) is 31.2 Å². The van der Waals surface area contributed by atoms with Gasteiger partial charge in [0.2, 0.25) is 0 Å². The van der Waals surface area contributed by atoms with Gasteiger partial charge in [-0.05, 0) is 44.6 Å². The van der Waals surface area contributed by atoms with Crippen LogP contribution >= 0.6 is 12.2 Å². The van der Waals surface area contributed by atoms with Crippen LogP contribution in [-0.2, 0) is 9.59 Å². The molecule has 0 bridgehead atoms. The van der Waals surface area contributed by atoms with Crippen molar-refractivity contribution in [1.82, 2.24) is 15.5 Å². The summed E-state index contributed by atoms with van der Waals surface area (Å²) in [5, 5.41) is 22.0. The molecule has 0 saturated carbocycles. The molecule has 1 rings (SSSR count). The Labute approximate surface area is 130 Å². The zero-order valence-electron chi connectivity index (χ0n) is 12.4. The maximum Gasteiger partial charge on any atom is 0.414 e. The molecule has 0 spiro atoms. The molecule has 8 heteroatoms. The maximum absolute atomic E-state index is 9.10. The second kappa shape index (κ2) is 12.3. The maximum atomic E-state index is 9.10. The van der Waals surface area contributed by atoms with Gasteiger partial charge in [0.1, 0.15) is 0 Å². The molecule has 21 heavy (non-hydrogen) atoms. The summed E-state index contributed by atoms with van der Waals surface area (Å²) in [5.74, 6) is -3.65. The molecule has 122 valence electrons. The van der Waals surface area contributed by atoms with Gasteiger partial charge in [-0.3, -0.25) is 0 Å². The number of hydrogen-bond donors (Lipinski definition) is 4. The SMILES string of the molecule is CCCNC(=S)NCCN1CCCCC1.O=C(O)C(=O)O. The zero-order valence-corrected chi connectivity index (χ0v) is 13.2. The monoisotopic (exact) mass is 319 g/mol. The first-order valence-electron chi connectivity index (χ1n) is 7.17. The number of carboxylic acids is 2. The summed E-state index contributed by atoms with van der Waals surface area (Å²) in [6.45, 7) is 7.72. The highest BCUT2D eigenvalue weighted by Gasteiger charge is 2.08. The first kappa shape index (κ1) is 19.6. The number of piperidine rings is 1. The minimum absolute atomic E-state index is 0.800. The van der Waals surface area contributed by atoms with Gasteiger partial charge in [0.15, 0.2) is 5.11 Å². The molecule has 0 aliphatic carbocycles. The van der Waals surface area contributed by atoms with E-state index in [9.17, 15) is 0 Å². The number of hydrogen-bond acceptors (Lipinski definition) is 4. The van der Waals surface area contributed by atoms with E-state index in [1.165, 1.54) is 32.4 Å². The van der Waals surface area contributed by atoms with Crippen LogP contribution in [0.2, 0.25) is 0 Å². The Morgan fingerprint density at radius 2 is 1.57 bits per heavy atom. The average molecular weight is 319 g/mol. The average Bonchev–Trinajstić information content (AvgIpc) is 2.46. The second-order valence-corrected chi connectivity index (χ2v) is 5.10. The van der Waals surface area contributed by atoms with Gasteiger partial charge in [0.05, 0.1) is 0 Å². The summed E-state index contributed by atoms with van der Waals surface area (Å²) in [4.78, 5) is 20.7. The molecule has 0 radical (unpaired) electrons. The standard InChI is InChI=1S/C11H23N3S.C2H2O4/c1-2-6-12-11(15)13-7-10-14-8-4-3-5-9-14;3-1(4)2(5)6/h2-10H2,1H3,(H2,12,13,15);(H,3,4)(H,5,6). The molecule has 1 saturated heterocycles. The minimum Gasteiger partial charge on any atom is -0.473 e. The molecule has 0 atom stereocenters. The molecular weight excluding hydrogens is 294 g/mol. The van der Waals surface area contributed by atoms with Gasteiger partial charge in [0.25, 0.3) is 0 Å². The topological polar surface area (TPSA) is 102 Å². The van der Waals surface area contributed by atoms with Gasteiger partial charge >= 0.3 is 11.9 Å². The summed E-state index contributed by atoms with van der Waals surface area (Å²) in [6.07, 6.45) is 5.24. The van der Waals surface area contributed by atoms with E-state index in [2.05, 4.69) is 22.5 Å². The molecule has 1 fully saturated rings. The Hall–Kier alpha value is -1.41. The van der Waals surface area contributed by atoms with E-state index >= 15 is 0 Å². The third-order valence-corrected chi connectivity index (χ3v) is 3.17. The summed E-state index contributed by atoms with van der Waals surface area (Å²) >= 11 is 5.15. The predicted octanol–water partition coefficient (Wildman–Crippen LogP) is 0.502. The number of rotatable bonds is 5. The Balaban J connectivity index is 0.000000567. The lowest BCUT2D eigenvalue weighted by molar-refractivity contribution is -0.159. The molecule has 0 aromatic rings. The van der Waals surface area contributed by atoms with Crippen LogP contribution in [0.15, 0.2) is 0 Å². The summed E-state index contributed by atoms with van der Waals surface area (Å²) in [5.41, 5.74) is 0. The van der Waals surface area contributed by atoms with Crippen LogP contribution in [-0.4, -0.2) is 64.9 Å². The molecule has 1 heterocycles. The Kier molecular flexibility index (Phi) is 11.5. The van der Waals surface area contributed by atoms with Crippen molar-refractivity contribution in [3.05, 3.63) is 0 Å². The van der Waals surface area contributed by atoms with Crippen molar-refractivity contribution in [3.63, 3.8) is 0 Å². The van der Waals surface area contributed by atoms with Crippen molar-refractivity contribution < 1.29 is 19.8 Å². The van der Waals surface area contributed by atoms with Gasteiger partial charge in [-0.1, -0.05) is 13.3 Å². The van der Waals surface area contributed by atoms with E-state index in [0.29, 0.717) is 0 Å². The van der Waals surface area contributed by atoms with E-state index in [1.54, 1.807) is 0 Å². The molecule has 4 N–H and O–H groups in total. The Bertz CT molecular complexity index is 321. The van der Waals surface area contributed by atoms with Crippen molar-refractivity contribution in [1.29, 1.82) is 0 Å². The van der Waals surface area contributed by atoms with Crippen LogP contribution in [0.1, 0.15) is 32.6 Å². The Morgan fingerprint density at radius 1 is 1.05 bits per heavy atom. The van der Waals surface area contributed by atoms with Crippen LogP contribution in [0.3, 0.4) is 0 Å². The number of carboxylic acid groups (broad SMARTS) is 2. The number of nitrogens with zero attached hydrogens (tertiary/aromatic N) is 1. The fourth-order valence-corrected chi connectivity index (χ4v) is 2.02. The van der Waals surface area contributed by atoms with Crippen molar-refractivity contribution in [2.24, 2.45) is 0 Å². The fraction of sp³-hybridized carbons (Fsp3) is 0.769. The van der Waals surface area contributed by atoms with Crippen LogP contribution in [0.4, 0.5) is 0 Å². The van der Waals surface area contributed by atoms with Crippen LogP contribution < -0.4 is 10.6 Å². The van der Waals surface area contributed by atoms with E-state index < -0.39 is 11.9 Å². The normalized spacial score (nSPS) is 14.5. The summed E-state index contributed by atoms with van der Waals surface area (Å²) in [7, 11) is 0. The molecule has 0 aromatic heterocycles. The van der Waals surface area contributed by atoms with Crippen LogP contribution in [0.5, 0.6) is 0 Å². The number of nitrogens with one attached hydrogen (secondary N) is 2. The highest BCUT2D eigenvalue weighted by molar-refractivity contribution is 7.80. The van der Waals surface area contributed by atoms with Crippen molar-refractivity contribution in [2.75, 3.05) is 32.7 Å². The van der Waals surface area contributed by atoms with Gasteiger partial charge in [-0.2, -0.15) is 0 Å². The predicted molar refractivity (Wildman–Crippen MR) is 84.5 cm³/mol. The number of aliphatic carboxylic acids is 2. The van der Waals surface area contributed by atoms with Crippen molar-refractivity contribution in [3.8, 4) is 0 Å². The highest BCUT2D eigenvalue weighted by atomic mass is 32.1. The lowest BCUT2D eigenvalue weighted by atomic mass is 10.1.